The zero-order chi connectivity index (χ0) is 13.9. The number of aliphatic hydroxyl groups is 1. The van der Waals surface area contributed by atoms with Crippen LogP contribution in [0.1, 0.15) is 24.0 Å². The molecule has 2 N–H and O–H groups in total. The van der Waals surface area contributed by atoms with Crippen LogP contribution in [0.5, 0.6) is 0 Å². The van der Waals surface area contributed by atoms with E-state index in [4.69, 9.17) is 9.84 Å². The number of hydrogen-bond acceptors (Lipinski definition) is 4. The minimum atomic E-state index is -3.31. The molecule has 19 heavy (non-hydrogen) atoms. The van der Waals surface area contributed by atoms with Crippen LogP contribution in [0.25, 0.3) is 0 Å². The molecule has 0 bridgehead atoms. The van der Waals surface area contributed by atoms with Crippen molar-refractivity contribution >= 4 is 10.0 Å². The third-order valence-corrected chi connectivity index (χ3v) is 4.74. The molecule has 0 aromatic heterocycles. The van der Waals surface area contributed by atoms with Gasteiger partial charge in [-0.05, 0) is 24.0 Å². The predicted molar refractivity (Wildman–Crippen MR) is 71.9 cm³/mol. The Morgan fingerprint density at radius 2 is 1.84 bits per heavy atom. The summed E-state index contributed by atoms with van der Waals surface area (Å²) in [5.74, 6) is -0.0349. The molecule has 0 saturated heterocycles. The standard InChI is InChI=1S/C13H19NO4S/c1-18-13-6-12(7-13)14-19(16,17)9-11-4-2-10(8-15)3-5-11/h2-5,12-15H,6-9H2,1H3. The normalized spacial score (nSPS) is 23.1. The van der Waals surface area contributed by atoms with E-state index in [0.717, 1.165) is 18.4 Å². The van der Waals surface area contributed by atoms with E-state index in [9.17, 15) is 8.42 Å². The molecule has 0 unspecified atom stereocenters. The molecule has 0 radical (unpaired) electrons. The molecule has 2 rings (SSSR count). The fourth-order valence-corrected chi connectivity index (χ4v) is 3.53. The number of aliphatic hydroxyl groups excluding tert-OH is 1. The molecule has 1 fully saturated rings. The van der Waals surface area contributed by atoms with Crippen LogP contribution in [-0.2, 0) is 27.1 Å². The number of sulfonamides is 1. The highest BCUT2D eigenvalue weighted by atomic mass is 32.2. The molecule has 1 aliphatic rings. The van der Waals surface area contributed by atoms with Crippen molar-refractivity contribution in [1.29, 1.82) is 0 Å². The third-order valence-electron chi connectivity index (χ3n) is 3.34. The Labute approximate surface area is 113 Å². The van der Waals surface area contributed by atoms with E-state index < -0.39 is 10.0 Å². The van der Waals surface area contributed by atoms with E-state index in [1.54, 1.807) is 31.4 Å². The van der Waals surface area contributed by atoms with E-state index in [2.05, 4.69) is 4.72 Å². The Kier molecular flexibility index (Phi) is 4.57. The Morgan fingerprint density at radius 1 is 1.26 bits per heavy atom. The van der Waals surface area contributed by atoms with Crippen molar-refractivity contribution in [2.75, 3.05) is 7.11 Å². The average molecular weight is 285 g/mol. The largest absolute Gasteiger partial charge is 0.392 e. The molecule has 0 amide bonds. The summed E-state index contributed by atoms with van der Waals surface area (Å²) in [7, 11) is -1.68. The van der Waals surface area contributed by atoms with Gasteiger partial charge in [0.2, 0.25) is 10.0 Å². The molecule has 0 aliphatic heterocycles. The van der Waals surface area contributed by atoms with Crippen LogP contribution in [-0.4, -0.2) is 32.8 Å². The van der Waals surface area contributed by atoms with Crippen molar-refractivity contribution < 1.29 is 18.3 Å². The molecule has 0 heterocycles. The third kappa shape index (κ3) is 4.01. The second-order valence-corrected chi connectivity index (χ2v) is 6.63. The van der Waals surface area contributed by atoms with Gasteiger partial charge in [0.25, 0.3) is 0 Å². The fraction of sp³-hybridized carbons (Fsp3) is 0.538. The van der Waals surface area contributed by atoms with E-state index in [1.807, 2.05) is 0 Å². The summed E-state index contributed by atoms with van der Waals surface area (Å²) in [6.45, 7) is -0.0360. The van der Waals surface area contributed by atoms with Gasteiger partial charge in [-0.25, -0.2) is 13.1 Å². The maximum absolute atomic E-state index is 12.0. The maximum Gasteiger partial charge on any atom is 0.216 e. The van der Waals surface area contributed by atoms with Gasteiger partial charge in [0.15, 0.2) is 0 Å². The van der Waals surface area contributed by atoms with Gasteiger partial charge in [-0.1, -0.05) is 24.3 Å². The average Bonchev–Trinajstić information content (AvgIpc) is 2.34. The van der Waals surface area contributed by atoms with Crippen molar-refractivity contribution in [3.05, 3.63) is 35.4 Å². The number of benzene rings is 1. The molecular formula is C13H19NO4S. The monoisotopic (exact) mass is 285 g/mol. The van der Waals surface area contributed by atoms with Crippen molar-refractivity contribution in [2.45, 2.75) is 37.3 Å². The highest BCUT2D eigenvalue weighted by Crippen LogP contribution is 2.23. The van der Waals surface area contributed by atoms with E-state index in [1.165, 1.54) is 0 Å². The Hall–Kier alpha value is -0.950. The van der Waals surface area contributed by atoms with Crippen molar-refractivity contribution in [3.8, 4) is 0 Å². The zero-order valence-corrected chi connectivity index (χ0v) is 11.7. The number of rotatable bonds is 6. The molecule has 1 aromatic carbocycles. The van der Waals surface area contributed by atoms with Crippen molar-refractivity contribution in [3.63, 3.8) is 0 Å². The number of nitrogens with one attached hydrogen (secondary N) is 1. The molecule has 0 spiro atoms. The van der Waals surface area contributed by atoms with Crippen molar-refractivity contribution in [2.24, 2.45) is 0 Å². The lowest BCUT2D eigenvalue weighted by Crippen LogP contribution is -2.47. The highest BCUT2D eigenvalue weighted by molar-refractivity contribution is 7.88. The maximum atomic E-state index is 12.0. The smallest absolute Gasteiger partial charge is 0.216 e. The van der Waals surface area contributed by atoms with Crippen LogP contribution >= 0.6 is 0 Å². The van der Waals surface area contributed by atoms with Gasteiger partial charge in [-0.15, -0.1) is 0 Å². The van der Waals surface area contributed by atoms with Crippen LogP contribution in [0.2, 0.25) is 0 Å². The van der Waals surface area contributed by atoms with Crippen molar-refractivity contribution in [1.82, 2.24) is 4.72 Å². The van der Waals surface area contributed by atoms with Crippen LogP contribution in [0, 0.1) is 0 Å². The molecule has 1 saturated carbocycles. The minimum absolute atomic E-state index is 0.00772. The molecule has 1 aromatic rings. The van der Waals surface area contributed by atoms with Gasteiger partial charge >= 0.3 is 0 Å². The summed E-state index contributed by atoms with van der Waals surface area (Å²) in [4.78, 5) is 0. The van der Waals surface area contributed by atoms with E-state index >= 15 is 0 Å². The van der Waals surface area contributed by atoms with Gasteiger partial charge in [-0.2, -0.15) is 0 Å². The predicted octanol–water partition coefficient (Wildman–Crippen LogP) is 0.776. The van der Waals surface area contributed by atoms with E-state index in [-0.39, 0.29) is 24.5 Å². The number of methoxy groups -OCH3 is 1. The van der Waals surface area contributed by atoms with Crippen LogP contribution in [0.15, 0.2) is 24.3 Å². The molecule has 5 nitrogen and oxygen atoms in total. The van der Waals surface area contributed by atoms with Gasteiger partial charge in [0.05, 0.1) is 18.5 Å². The second-order valence-electron chi connectivity index (χ2n) is 4.88. The van der Waals surface area contributed by atoms with Crippen LogP contribution < -0.4 is 4.72 Å². The first-order chi connectivity index (χ1) is 9.02. The Balaban J connectivity index is 1.89. The zero-order valence-electron chi connectivity index (χ0n) is 10.9. The SMILES string of the molecule is COC1CC(NS(=O)(=O)Cc2ccc(CO)cc2)C1. The summed E-state index contributed by atoms with van der Waals surface area (Å²) >= 11 is 0. The minimum Gasteiger partial charge on any atom is -0.392 e. The lowest BCUT2D eigenvalue weighted by Gasteiger charge is -2.34. The number of hydrogen-bond donors (Lipinski definition) is 2. The summed E-state index contributed by atoms with van der Waals surface area (Å²) in [5.41, 5.74) is 1.49. The summed E-state index contributed by atoms with van der Waals surface area (Å²) < 4.78 is 31.7. The second kappa shape index (κ2) is 6.00. The highest BCUT2D eigenvalue weighted by Gasteiger charge is 2.32. The summed E-state index contributed by atoms with van der Waals surface area (Å²) in [6, 6.07) is 6.91. The topological polar surface area (TPSA) is 75.6 Å². The fourth-order valence-electron chi connectivity index (χ4n) is 2.11. The Morgan fingerprint density at radius 3 is 2.37 bits per heavy atom. The van der Waals surface area contributed by atoms with Gasteiger partial charge < -0.3 is 9.84 Å². The first-order valence-electron chi connectivity index (χ1n) is 6.24. The molecule has 1 aliphatic carbocycles. The van der Waals surface area contributed by atoms with Gasteiger partial charge in [-0.3, -0.25) is 0 Å². The number of ether oxygens (including phenoxy) is 1. The molecule has 0 atom stereocenters. The molecular weight excluding hydrogens is 266 g/mol. The van der Waals surface area contributed by atoms with Crippen LogP contribution in [0.4, 0.5) is 0 Å². The summed E-state index contributed by atoms with van der Waals surface area (Å²) in [5, 5.41) is 8.93. The van der Waals surface area contributed by atoms with Gasteiger partial charge in [0, 0.05) is 13.2 Å². The quantitative estimate of drug-likeness (QED) is 0.810. The lowest BCUT2D eigenvalue weighted by atomic mass is 9.90. The van der Waals surface area contributed by atoms with Gasteiger partial charge in [0.1, 0.15) is 0 Å². The first kappa shape index (κ1) is 14.5. The lowest BCUT2D eigenvalue weighted by molar-refractivity contribution is 0.0236. The van der Waals surface area contributed by atoms with Crippen LogP contribution in [0.3, 0.4) is 0 Å². The molecule has 6 heteroatoms. The Bertz CT molecular complexity index is 506. The van der Waals surface area contributed by atoms with E-state index in [0.29, 0.717) is 5.56 Å². The summed E-state index contributed by atoms with van der Waals surface area (Å²) in [6.07, 6.45) is 1.65. The molecule has 106 valence electrons. The first-order valence-corrected chi connectivity index (χ1v) is 7.89.